The molecule has 0 radical (unpaired) electrons. The summed E-state index contributed by atoms with van der Waals surface area (Å²) >= 11 is 0. The number of urea groups is 1. The first-order chi connectivity index (χ1) is 11.0. The summed E-state index contributed by atoms with van der Waals surface area (Å²) < 4.78 is 4.94. The summed E-state index contributed by atoms with van der Waals surface area (Å²) in [6, 6.07) is 6.89. The maximum Gasteiger partial charge on any atom is 0.338 e. The smallest absolute Gasteiger partial charge is 0.338 e. The molecule has 1 aliphatic heterocycles. The predicted molar refractivity (Wildman–Crippen MR) is 89.7 cm³/mol. The summed E-state index contributed by atoms with van der Waals surface area (Å²) in [4.78, 5) is 28.0. The highest BCUT2D eigenvalue weighted by Gasteiger charge is 2.23. The van der Waals surface area contributed by atoms with Gasteiger partial charge in [0.2, 0.25) is 0 Å². The van der Waals surface area contributed by atoms with E-state index in [-0.39, 0.29) is 18.0 Å². The maximum atomic E-state index is 12.3. The van der Waals surface area contributed by atoms with Gasteiger partial charge < -0.3 is 19.9 Å². The van der Waals surface area contributed by atoms with Crippen LogP contribution in [0.15, 0.2) is 24.3 Å². The number of amides is 2. The van der Waals surface area contributed by atoms with Crippen LogP contribution in [-0.4, -0.2) is 61.6 Å². The van der Waals surface area contributed by atoms with Crippen molar-refractivity contribution in [1.82, 2.24) is 9.80 Å². The average Bonchev–Trinajstić information content (AvgIpc) is 2.55. The van der Waals surface area contributed by atoms with E-state index in [1.165, 1.54) is 0 Å². The zero-order valence-corrected chi connectivity index (χ0v) is 14.0. The summed E-state index contributed by atoms with van der Waals surface area (Å²) in [6.45, 7) is 4.14. The van der Waals surface area contributed by atoms with E-state index in [0.717, 1.165) is 25.9 Å². The van der Waals surface area contributed by atoms with E-state index in [1.807, 2.05) is 7.05 Å². The molecule has 126 valence electrons. The normalized spacial score (nSPS) is 16.0. The van der Waals surface area contributed by atoms with E-state index in [4.69, 9.17) is 4.74 Å². The number of ether oxygens (including phenoxy) is 1. The number of hydrogen-bond donors (Lipinski definition) is 1. The van der Waals surface area contributed by atoms with Gasteiger partial charge >= 0.3 is 12.0 Å². The molecule has 2 rings (SSSR count). The van der Waals surface area contributed by atoms with Gasteiger partial charge in [-0.3, -0.25) is 0 Å². The van der Waals surface area contributed by atoms with Crippen LogP contribution >= 0.6 is 0 Å². The molecule has 0 aromatic heterocycles. The molecule has 0 aliphatic carbocycles. The standard InChI is InChI=1S/C17H25N3O3/c1-4-23-16(21)13-5-7-14(8-6-13)18-17(22)20(3)15-9-11-19(2)12-10-15/h5-8,15H,4,9-12H2,1-3H3,(H,18,22). The van der Waals surface area contributed by atoms with E-state index in [0.29, 0.717) is 17.9 Å². The molecule has 0 saturated carbocycles. The predicted octanol–water partition coefficient (Wildman–Crippen LogP) is 2.42. The van der Waals surface area contributed by atoms with Crippen molar-refractivity contribution in [3.8, 4) is 0 Å². The van der Waals surface area contributed by atoms with Crippen LogP contribution in [0.3, 0.4) is 0 Å². The molecule has 0 unspecified atom stereocenters. The molecular weight excluding hydrogens is 294 g/mol. The number of esters is 1. The van der Waals surface area contributed by atoms with Crippen molar-refractivity contribution in [3.63, 3.8) is 0 Å². The van der Waals surface area contributed by atoms with Gasteiger partial charge in [0.05, 0.1) is 12.2 Å². The van der Waals surface area contributed by atoms with Crippen LogP contribution in [0.4, 0.5) is 10.5 Å². The number of likely N-dealkylation sites (tertiary alicyclic amines) is 1. The molecule has 1 saturated heterocycles. The Hall–Kier alpha value is -2.08. The topological polar surface area (TPSA) is 61.9 Å². The molecule has 0 spiro atoms. The lowest BCUT2D eigenvalue weighted by Crippen LogP contribution is -2.46. The first-order valence-corrected chi connectivity index (χ1v) is 8.00. The average molecular weight is 319 g/mol. The van der Waals surface area contributed by atoms with Gasteiger partial charge in [-0.1, -0.05) is 0 Å². The van der Waals surface area contributed by atoms with Crippen molar-refractivity contribution in [3.05, 3.63) is 29.8 Å². The molecule has 6 nitrogen and oxygen atoms in total. The maximum absolute atomic E-state index is 12.3. The Labute approximate surface area is 137 Å². The summed E-state index contributed by atoms with van der Waals surface area (Å²) in [6.07, 6.45) is 1.98. The fourth-order valence-electron chi connectivity index (χ4n) is 2.66. The van der Waals surface area contributed by atoms with Gasteiger partial charge in [-0.15, -0.1) is 0 Å². The van der Waals surface area contributed by atoms with E-state index >= 15 is 0 Å². The third-order valence-electron chi connectivity index (χ3n) is 4.20. The number of nitrogens with zero attached hydrogens (tertiary/aromatic N) is 2. The van der Waals surface area contributed by atoms with Crippen molar-refractivity contribution >= 4 is 17.7 Å². The van der Waals surface area contributed by atoms with Gasteiger partial charge in [0.15, 0.2) is 0 Å². The molecule has 23 heavy (non-hydrogen) atoms. The third-order valence-corrected chi connectivity index (χ3v) is 4.20. The monoisotopic (exact) mass is 319 g/mol. The molecule has 1 N–H and O–H groups in total. The highest BCUT2D eigenvalue weighted by atomic mass is 16.5. The Kier molecular flexibility index (Phi) is 5.98. The molecule has 0 atom stereocenters. The van der Waals surface area contributed by atoms with Crippen LogP contribution in [0.25, 0.3) is 0 Å². The number of anilines is 1. The molecule has 1 aromatic rings. The van der Waals surface area contributed by atoms with Crippen LogP contribution in [-0.2, 0) is 4.74 Å². The summed E-state index contributed by atoms with van der Waals surface area (Å²) in [5, 5.41) is 2.87. The van der Waals surface area contributed by atoms with Gasteiger partial charge in [0, 0.05) is 18.8 Å². The van der Waals surface area contributed by atoms with E-state index in [1.54, 1.807) is 36.1 Å². The molecule has 1 heterocycles. The largest absolute Gasteiger partial charge is 0.462 e. The van der Waals surface area contributed by atoms with Crippen LogP contribution in [0, 0.1) is 0 Å². The van der Waals surface area contributed by atoms with Gasteiger partial charge in [-0.2, -0.15) is 0 Å². The molecular formula is C17H25N3O3. The number of benzene rings is 1. The first-order valence-electron chi connectivity index (χ1n) is 8.00. The minimum atomic E-state index is -0.353. The summed E-state index contributed by atoms with van der Waals surface area (Å²) in [5.41, 5.74) is 1.15. The molecule has 1 aliphatic rings. The van der Waals surface area contributed by atoms with Crippen molar-refractivity contribution in [1.29, 1.82) is 0 Å². The zero-order chi connectivity index (χ0) is 16.8. The molecule has 1 aromatic carbocycles. The number of carbonyl (C=O) groups is 2. The number of carbonyl (C=O) groups excluding carboxylic acids is 2. The SMILES string of the molecule is CCOC(=O)c1ccc(NC(=O)N(C)C2CCN(C)CC2)cc1. The van der Waals surface area contributed by atoms with Crippen molar-refractivity contribution < 1.29 is 14.3 Å². The quantitative estimate of drug-likeness (QED) is 0.866. The van der Waals surface area contributed by atoms with Crippen LogP contribution in [0.2, 0.25) is 0 Å². The van der Waals surface area contributed by atoms with E-state index in [9.17, 15) is 9.59 Å². The molecule has 2 amide bonds. The van der Waals surface area contributed by atoms with E-state index in [2.05, 4.69) is 17.3 Å². The van der Waals surface area contributed by atoms with Gasteiger partial charge in [-0.05, 0) is 64.2 Å². The molecule has 0 bridgehead atoms. The summed E-state index contributed by atoms with van der Waals surface area (Å²) in [7, 11) is 3.93. The van der Waals surface area contributed by atoms with E-state index < -0.39 is 0 Å². The van der Waals surface area contributed by atoms with Gasteiger partial charge in [0.1, 0.15) is 0 Å². The fraction of sp³-hybridized carbons (Fsp3) is 0.529. The van der Waals surface area contributed by atoms with Crippen molar-refractivity contribution in [2.45, 2.75) is 25.8 Å². The number of piperidine rings is 1. The Bertz CT molecular complexity index is 537. The second kappa shape index (κ2) is 7.97. The lowest BCUT2D eigenvalue weighted by molar-refractivity contribution is 0.0526. The lowest BCUT2D eigenvalue weighted by Gasteiger charge is -2.35. The third kappa shape index (κ3) is 4.69. The zero-order valence-electron chi connectivity index (χ0n) is 14.0. The second-order valence-corrected chi connectivity index (χ2v) is 5.87. The van der Waals surface area contributed by atoms with Gasteiger partial charge in [-0.25, -0.2) is 9.59 Å². The Morgan fingerprint density at radius 1 is 1.26 bits per heavy atom. The number of rotatable bonds is 4. The lowest BCUT2D eigenvalue weighted by atomic mass is 10.0. The van der Waals surface area contributed by atoms with Crippen LogP contribution in [0.5, 0.6) is 0 Å². The second-order valence-electron chi connectivity index (χ2n) is 5.87. The molecule has 6 heteroatoms. The minimum Gasteiger partial charge on any atom is -0.462 e. The number of nitrogens with one attached hydrogen (secondary N) is 1. The Morgan fingerprint density at radius 2 is 1.87 bits per heavy atom. The minimum absolute atomic E-state index is 0.122. The number of hydrogen-bond acceptors (Lipinski definition) is 4. The highest BCUT2D eigenvalue weighted by molar-refractivity contribution is 5.92. The fourth-order valence-corrected chi connectivity index (χ4v) is 2.66. The molecule has 1 fully saturated rings. The van der Waals surface area contributed by atoms with Crippen LogP contribution < -0.4 is 5.32 Å². The highest BCUT2D eigenvalue weighted by Crippen LogP contribution is 2.16. The van der Waals surface area contributed by atoms with Gasteiger partial charge in [0.25, 0.3) is 0 Å². The Morgan fingerprint density at radius 3 is 2.43 bits per heavy atom. The first kappa shape index (κ1) is 17.3. The van der Waals surface area contributed by atoms with Crippen molar-refractivity contribution in [2.75, 3.05) is 39.1 Å². The summed E-state index contributed by atoms with van der Waals surface area (Å²) in [5.74, 6) is -0.353. The van der Waals surface area contributed by atoms with Crippen molar-refractivity contribution in [2.24, 2.45) is 0 Å². The van der Waals surface area contributed by atoms with Crippen LogP contribution in [0.1, 0.15) is 30.1 Å². The Balaban J connectivity index is 1.90.